The number of hydrogen-bond donors (Lipinski definition) is 2. The molecule has 3 amide bonds. The largest absolute Gasteiger partial charge is 0.494 e. The van der Waals surface area contributed by atoms with Gasteiger partial charge >= 0.3 is 0 Å². The number of carbonyl (C=O) groups excluding carboxylic acids is 3. The molecule has 12 nitrogen and oxygen atoms in total. The summed E-state index contributed by atoms with van der Waals surface area (Å²) in [5.41, 5.74) is 0.907. The van der Waals surface area contributed by atoms with Crippen molar-refractivity contribution >= 4 is 17.7 Å². The van der Waals surface area contributed by atoms with Crippen molar-refractivity contribution in [2.24, 2.45) is 5.92 Å². The number of aryl methyl sites for hydroxylation is 1. The minimum absolute atomic E-state index is 0.127. The molecular formula is C28H38N8O4. The Labute approximate surface area is 234 Å². The Morgan fingerprint density at radius 3 is 2.90 bits per heavy atom. The fraction of sp³-hybridized carbons (Fsp3) is 0.500. The van der Waals surface area contributed by atoms with Crippen LogP contribution in [0.1, 0.15) is 39.5 Å². The lowest BCUT2D eigenvalue weighted by molar-refractivity contribution is -0.137. The van der Waals surface area contributed by atoms with Gasteiger partial charge in [-0.3, -0.25) is 19.1 Å². The van der Waals surface area contributed by atoms with Crippen LogP contribution in [0.5, 0.6) is 5.75 Å². The number of fused-ring (bicyclic) bond motifs is 4. The number of hydrogen-bond acceptors (Lipinski definition) is 7. The molecule has 3 aromatic rings. The summed E-state index contributed by atoms with van der Waals surface area (Å²) in [6.45, 7) is 6.05. The molecule has 0 saturated carbocycles. The number of benzene rings is 1. The van der Waals surface area contributed by atoms with Crippen LogP contribution in [-0.4, -0.2) is 79.2 Å². The summed E-state index contributed by atoms with van der Waals surface area (Å²) in [6.07, 6.45) is 8.52. The Bertz CT molecular complexity index is 1260. The first-order chi connectivity index (χ1) is 19.4. The number of amides is 3. The fourth-order valence-electron chi connectivity index (χ4n) is 4.65. The lowest BCUT2D eigenvalue weighted by Gasteiger charge is -2.25. The van der Waals surface area contributed by atoms with Gasteiger partial charge in [-0.25, -0.2) is 9.97 Å². The molecule has 12 heteroatoms. The molecule has 214 valence electrons. The highest BCUT2D eigenvalue weighted by Gasteiger charge is 2.24. The molecule has 0 saturated heterocycles. The van der Waals surface area contributed by atoms with Crippen molar-refractivity contribution in [3.8, 4) is 17.1 Å². The van der Waals surface area contributed by atoms with Gasteiger partial charge < -0.3 is 24.8 Å². The third-order valence-corrected chi connectivity index (χ3v) is 6.59. The quantitative estimate of drug-likeness (QED) is 0.478. The van der Waals surface area contributed by atoms with Crippen LogP contribution in [0, 0.1) is 5.92 Å². The number of nitrogens with zero attached hydrogens (tertiary/aromatic N) is 6. The summed E-state index contributed by atoms with van der Waals surface area (Å²) in [7, 11) is 0. The molecule has 1 aliphatic rings. The molecule has 3 heterocycles. The van der Waals surface area contributed by atoms with E-state index in [-0.39, 0.29) is 36.6 Å². The van der Waals surface area contributed by atoms with E-state index in [1.54, 1.807) is 22.1 Å². The maximum Gasteiger partial charge on any atom is 0.242 e. The first-order valence-corrected chi connectivity index (χ1v) is 13.8. The molecule has 1 atom stereocenters. The zero-order valence-corrected chi connectivity index (χ0v) is 23.2. The van der Waals surface area contributed by atoms with E-state index in [1.165, 1.54) is 6.33 Å². The first-order valence-electron chi connectivity index (χ1n) is 13.8. The van der Waals surface area contributed by atoms with E-state index >= 15 is 0 Å². The summed E-state index contributed by atoms with van der Waals surface area (Å²) in [5.74, 6) is 0.913. The van der Waals surface area contributed by atoms with Gasteiger partial charge in [0.1, 0.15) is 30.3 Å². The van der Waals surface area contributed by atoms with Crippen molar-refractivity contribution in [3.63, 3.8) is 0 Å². The van der Waals surface area contributed by atoms with E-state index in [9.17, 15) is 14.4 Å². The highest BCUT2D eigenvalue weighted by molar-refractivity contribution is 5.90. The third kappa shape index (κ3) is 8.39. The molecule has 0 radical (unpaired) electrons. The molecule has 1 aliphatic heterocycles. The molecule has 0 spiro atoms. The summed E-state index contributed by atoms with van der Waals surface area (Å²) in [4.78, 5) is 49.3. The summed E-state index contributed by atoms with van der Waals surface area (Å²) in [5, 5.41) is 9.89. The maximum absolute atomic E-state index is 13.1. The number of carbonyl (C=O) groups is 3. The summed E-state index contributed by atoms with van der Waals surface area (Å²) in [6, 6.07) is 6.99. The van der Waals surface area contributed by atoms with E-state index in [2.05, 4.69) is 25.7 Å². The van der Waals surface area contributed by atoms with Crippen LogP contribution >= 0.6 is 0 Å². The smallest absolute Gasteiger partial charge is 0.242 e. The Balaban J connectivity index is 1.49. The molecule has 1 aromatic carbocycles. The molecule has 0 fully saturated rings. The number of aromatic nitrogens is 5. The van der Waals surface area contributed by atoms with Gasteiger partial charge in [-0.05, 0) is 37.3 Å². The molecule has 2 bridgehead atoms. The maximum atomic E-state index is 13.1. The minimum Gasteiger partial charge on any atom is -0.494 e. The van der Waals surface area contributed by atoms with E-state index in [4.69, 9.17) is 4.74 Å². The second kappa shape index (κ2) is 14.2. The summed E-state index contributed by atoms with van der Waals surface area (Å²) < 4.78 is 9.64. The standard InChI is InChI=1S/C28H38N8O4/c1-21(2)16-24-28(39)31-10-14-34-13-9-30-27(34)22-6-3-7-23(17-22)40-15-5-11-35(18-25(37)33-24)26(38)8-4-12-36-20-29-19-32-36/h3,6-7,9,13,17,19-21,24H,4-5,8,10-12,14-16,18H2,1-2H3,(H,31,39)(H,33,37)/t24-/m1/s1. The molecule has 4 rings (SSSR count). The van der Waals surface area contributed by atoms with Crippen LogP contribution in [0.2, 0.25) is 0 Å². The van der Waals surface area contributed by atoms with Crippen molar-refractivity contribution < 1.29 is 19.1 Å². The monoisotopic (exact) mass is 550 g/mol. The van der Waals surface area contributed by atoms with Crippen LogP contribution < -0.4 is 15.4 Å². The Morgan fingerprint density at radius 1 is 1.23 bits per heavy atom. The van der Waals surface area contributed by atoms with Gasteiger partial charge in [-0.2, -0.15) is 5.10 Å². The summed E-state index contributed by atoms with van der Waals surface area (Å²) >= 11 is 0. The van der Waals surface area contributed by atoms with E-state index < -0.39 is 6.04 Å². The van der Waals surface area contributed by atoms with Crippen LogP contribution in [0.3, 0.4) is 0 Å². The molecule has 0 aliphatic carbocycles. The Hall–Kier alpha value is -4.22. The highest BCUT2D eigenvalue weighted by atomic mass is 16.5. The minimum atomic E-state index is -0.696. The average Bonchev–Trinajstić information content (AvgIpc) is 3.62. The van der Waals surface area contributed by atoms with E-state index in [1.807, 2.05) is 48.9 Å². The number of ether oxygens (including phenoxy) is 1. The zero-order valence-electron chi connectivity index (χ0n) is 23.2. The van der Waals surface area contributed by atoms with E-state index in [0.29, 0.717) is 57.8 Å². The van der Waals surface area contributed by atoms with Crippen LogP contribution in [0.15, 0.2) is 49.3 Å². The van der Waals surface area contributed by atoms with Crippen molar-refractivity contribution in [1.29, 1.82) is 0 Å². The molecular weight excluding hydrogens is 512 g/mol. The van der Waals surface area contributed by atoms with Crippen molar-refractivity contribution in [2.45, 2.75) is 58.7 Å². The Kier molecular flexibility index (Phi) is 10.3. The molecule has 40 heavy (non-hydrogen) atoms. The number of imidazole rings is 1. The van der Waals surface area contributed by atoms with Crippen LogP contribution in [-0.2, 0) is 27.5 Å². The zero-order chi connectivity index (χ0) is 28.3. The molecule has 2 aromatic heterocycles. The van der Waals surface area contributed by atoms with E-state index in [0.717, 1.165) is 11.4 Å². The fourth-order valence-corrected chi connectivity index (χ4v) is 4.65. The Morgan fingerprint density at radius 2 is 2.10 bits per heavy atom. The predicted octanol–water partition coefficient (Wildman–Crippen LogP) is 1.88. The van der Waals surface area contributed by atoms with Gasteiger partial charge in [0, 0.05) is 50.6 Å². The van der Waals surface area contributed by atoms with Crippen LogP contribution in [0.25, 0.3) is 11.4 Å². The first kappa shape index (κ1) is 28.8. The average molecular weight is 551 g/mol. The van der Waals surface area contributed by atoms with Gasteiger partial charge in [-0.15, -0.1) is 0 Å². The lowest BCUT2D eigenvalue weighted by Crippen LogP contribution is -2.51. The van der Waals surface area contributed by atoms with Gasteiger partial charge in [0.2, 0.25) is 17.7 Å². The number of rotatable bonds is 6. The predicted molar refractivity (Wildman–Crippen MR) is 148 cm³/mol. The van der Waals surface area contributed by atoms with Crippen molar-refractivity contribution in [3.05, 3.63) is 49.3 Å². The van der Waals surface area contributed by atoms with Gasteiger partial charge in [-0.1, -0.05) is 26.0 Å². The second-order valence-electron chi connectivity index (χ2n) is 10.3. The highest BCUT2D eigenvalue weighted by Crippen LogP contribution is 2.23. The molecule has 0 unspecified atom stereocenters. The van der Waals surface area contributed by atoms with Gasteiger partial charge in [0.05, 0.1) is 13.2 Å². The van der Waals surface area contributed by atoms with Gasteiger partial charge in [0.25, 0.3) is 0 Å². The lowest BCUT2D eigenvalue weighted by atomic mass is 10.0. The van der Waals surface area contributed by atoms with Crippen molar-refractivity contribution in [2.75, 3.05) is 26.2 Å². The number of nitrogens with one attached hydrogen (secondary N) is 2. The van der Waals surface area contributed by atoms with Crippen molar-refractivity contribution in [1.82, 2.24) is 39.8 Å². The van der Waals surface area contributed by atoms with Crippen LogP contribution in [0.4, 0.5) is 0 Å². The topological polar surface area (TPSA) is 136 Å². The molecule has 2 N–H and O–H groups in total. The third-order valence-electron chi connectivity index (χ3n) is 6.59. The normalized spacial score (nSPS) is 17.3. The second-order valence-corrected chi connectivity index (χ2v) is 10.3. The van der Waals surface area contributed by atoms with Gasteiger partial charge in [0.15, 0.2) is 0 Å². The SMILES string of the molecule is CC(C)C[C@H]1NC(=O)CN(C(=O)CCCn2cncn2)CCCOc2cccc(c2)-c2nccn2CCNC1=O.